The van der Waals surface area contributed by atoms with Crippen LogP contribution >= 0.6 is 0 Å². The highest BCUT2D eigenvalue weighted by atomic mass is 32.2. The first-order chi connectivity index (χ1) is 9.56. The smallest absolute Gasteiger partial charge is 0.335 e. The number of benzene rings is 1. The Morgan fingerprint density at radius 3 is 2.33 bits per heavy atom. The predicted molar refractivity (Wildman–Crippen MR) is 70.1 cm³/mol. The first-order valence-corrected chi connectivity index (χ1v) is 7.35. The van der Waals surface area contributed by atoms with E-state index >= 15 is 0 Å². The lowest BCUT2D eigenvalue weighted by molar-refractivity contribution is -0.000452. The normalized spacial score (nSPS) is 13.4. The van der Waals surface area contributed by atoms with E-state index < -0.39 is 35.1 Å². The third kappa shape index (κ3) is 4.19. The lowest BCUT2D eigenvalue weighted by Gasteiger charge is -2.14. The number of halogens is 2. The summed E-state index contributed by atoms with van der Waals surface area (Å²) in [4.78, 5) is 10.7. The van der Waals surface area contributed by atoms with E-state index in [4.69, 9.17) is 10.2 Å². The molecule has 3 N–H and O–H groups in total. The molecule has 6 nitrogen and oxygen atoms in total. The highest BCUT2D eigenvalue weighted by Gasteiger charge is 2.24. The first kappa shape index (κ1) is 17.5. The Morgan fingerprint density at radius 1 is 1.29 bits per heavy atom. The number of carboxylic acids is 1. The fourth-order valence-corrected chi connectivity index (χ4v) is 3.02. The van der Waals surface area contributed by atoms with Crippen LogP contribution in [0.4, 0.5) is 8.78 Å². The number of carboxylic acid groups (broad SMARTS) is 1. The first-order valence-electron chi connectivity index (χ1n) is 5.86. The van der Waals surface area contributed by atoms with Gasteiger partial charge in [-0.15, -0.1) is 0 Å². The molecule has 21 heavy (non-hydrogen) atoms. The van der Waals surface area contributed by atoms with Gasteiger partial charge in [0.25, 0.3) is 6.43 Å². The molecule has 1 rings (SSSR count). The van der Waals surface area contributed by atoms with E-state index in [-0.39, 0.29) is 16.0 Å². The molecule has 9 heteroatoms. The second kappa shape index (κ2) is 6.46. The average Bonchev–Trinajstić information content (AvgIpc) is 2.34. The van der Waals surface area contributed by atoms with Crippen molar-refractivity contribution in [3.8, 4) is 0 Å². The summed E-state index contributed by atoms with van der Waals surface area (Å²) in [7, 11) is -4.20. The number of rotatable bonds is 6. The molecule has 0 aliphatic rings. The molecule has 0 saturated carbocycles. The van der Waals surface area contributed by atoms with Gasteiger partial charge in [0, 0.05) is 6.54 Å². The van der Waals surface area contributed by atoms with Gasteiger partial charge in [0.05, 0.1) is 10.5 Å². The zero-order valence-corrected chi connectivity index (χ0v) is 12.1. The highest BCUT2D eigenvalue weighted by molar-refractivity contribution is 7.89. The van der Waals surface area contributed by atoms with E-state index in [1.807, 2.05) is 4.72 Å². The number of alkyl halides is 2. The largest absolute Gasteiger partial charge is 0.478 e. The van der Waals surface area contributed by atoms with Gasteiger partial charge in [-0.05, 0) is 31.0 Å². The van der Waals surface area contributed by atoms with Crippen LogP contribution in [-0.2, 0) is 10.0 Å². The number of aromatic carboxylic acids is 1. The van der Waals surface area contributed by atoms with E-state index in [1.54, 1.807) is 0 Å². The van der Waals surface area contributed by atoms with Crippen LogP contribution in [0.2, 0.25) is 0 Å². The van der Waals surface area contributed by atoms with Crippen LogP contribution in [0.1, 0.15) is 21.5 Å². The molecule has 1 unspecified atom stereocenters. The van der Waals surface area contributed by atoms with Gasteiger partial charge in [-0.1, -0.05) is 6.07 Å². The second-order valence-electron chi connectivity index (χ2n) is 4.49. The van der Waals surface area contributed by atoms with E-state index in [0.29, 0.717) is 5.56 Å². The molecule has 0 bridgehead atoms. The van der Waals surface area contributed by atoms with E-state index in [1.165, 1.54) is 19.9 Å². The molecular formula is C12H15F2NO5S. The van der Waals surface area contributed by atoms with E-state index in [0.717, 1.165) is 6.07 Å². The number of nitrogens with one attached hydrogen (secondary N) is 1. The maximum atomic E-state index is 12.1. The summed E-state index contributed by atoms with van der Waals surface area (Å²) in [5.41, 5.74) is 0.457. The molecule has 118 valence electrons. The van der Waals surface area contributed by atoms with Crippen molar-refractivity contribution >= 4 is 16.0 Å². The number of sulfonamides is 1. The summed E-state index contributed by atoms with van der Waals surface area (Å²) < 4.78 is 50.1. The molecule has 0 aliphatic carbocycles. The van der Waals surface area contributed by atoms with Crippen molar-refractivity contribution in [2.45, 2.75) is 31.3 Å². The molecule has 0 saturated heterocycles. The summed E-state index contributed by atoms with van der Waals surface area (Å²) in [5.74, 6) is -1.29. The fraction of sp³-hybridized carbons (Fsp3) is 0.417. The molecule has 0 spiro atoms. The third-order valence-corrected chi connectivity index (χ3v) is 4.38. The van der Waals surface area contributed by atoms with Gasteiger partial charge in [-0.2, -0.15) is 0 Å². The van der Waals surface area contributed by atoms with Crippen molar-refractivity contribution in [3.63, 3.8) is 0 Å². The van der Waals surface area contributed by atoms with Gasteiger partial charge >= 0.3 is 5.97 Å². The molecular weight excluding hydrogens is 308 g/mol. The lowest BCUT2D eigenvalue weighted by Crippen LogP contribution is -2.36. The summed E-state index contributed by atoms with van der Waals surface area (Å²) in [5, 5.41) is 17.9. The molecule has 0 aromatic heterocycles. The van der Waals surface area contributed by atoms with Gasteiger partial charge in [0.1, 0.15) is 6.10 Å². The zero-order chi connectivity index (χ0) is 16.4. The molecule has 1 aromatic rings. The summed E-state index contributed by atoms with van der Waals surface area (Å²) in [6, 6.07) is 2.34. The van der Waals surface area contributed by atoms with Gasteiger partial charge < -0.3 is 10.2 Å². The Hall–Kier alpha value is -1.58. The van der Waals surface area contributed by atoms with Crippen molar-refractivity contribution in [3.05, 3.63) is 28.8 Å². The number of aryl methyl sites for hydroxylation is 2. The number of carbonyl (C=O) groups is 1. The second-order valence-corrected chi connectivity index (χ2v) is 6.23. The maximum Gasteiger partial charge on any atom is 0.335 e. The van der Waals surface area contributed by atoms with Crippen LogP contribution < -0.4 is 4.72 Å². The van der Waals surface area contributed by atoms with Crippen molar-refractivity contribution in [2.24, 2.45) is 0 Å². The monoisotopic (exact) mass is 323 g/mol. The zero-order valence-electron chi connectivity index (χ0n) is 11.3. The van der Waals surface area contributed by atoms with Gasteiger partial charge in [-0.25, -0.2) is 26.7 Å². The summed E-state index contributed by atoms with van der Waals surface area (Å²) in [6.07, 6.45) is -5.22. The molecule has 0 aliphatic heterocycles. The molecule has 1 aromatic carbocycles. The minimum Gasteiger partial charge on any atom is -0.478 e. The molecule has 0 amide bonds. The Balaban J connectivity index is 3.14. The molecule has 0 fully saturated rings. The molecule has 0 radical (unpaired) electrons. The Morgan fingerprint density at radius 2 is 1.86 bits per heavy atom. The Labute approximate surface area is 120 Å². The predicted octanol–water partition coefficient (Wildman–Crippen LogP) is 0.906. The summed E-state index contributed by atoms with van der Waals surface area (Å²) >= 11 is 0. The van der Waals surface area contributed by atoms with Crippen molar-refractivity contribution < 1.29 is 32.2 Å². The van der Waals surface area contributed by atoms with Crippen molar-refractivity contribution in [1.82, 2.24) is 4.72 Å². The maximum absolute atomic E-state index is 12.1. The van der Waals surface area contributed by atoms with Crippen molar-refractivity contribution in [2.75, 3.05) is 6.54 Å². The van der Waals surface area contributed by atoms with Crippen LogP contribution in [0, 0.1) is 13.8 Å². The Bertz CT molecular complexity index is 645. The van der Waals surface area contributed by atoms with Gasteiger partial charge in [-0.3, -0.25) is 0 Å². The quantitative estimate of drug-likeness (QED) is 0.722. The van der Waals surface area contributed by atoms with Crippen molar-refractivity contribution in [1.29, 1.82) is 0 Å². The van der Waals surface area contributed by atoms with Gasteiger partial charge in [0.15, 0.2) is 0 Å². The standard InChI is InChI=1S/C12H15F2NO5S/c1-6-3-7(2)10(4-8(6)12(17)18)21(19,20)15-5-9(16)11(13)14/h3-4,9,11,15-16H,5H2,1-2H3,(H,17,18). The highest BCUT2D eigenvalue weighted by Crippen LogP contribution is 2.20. The SMILES string of the molecule is Cc1cc(C)c(S(=O)(=O)NCC(O)C(F)F)cc1C(=O)O. The van der Waals surface area contributed by atoms with Crippen LogP contribution in [-0.4, -0.2) is 43.7 Å². The third-order valence-electron chi connectivity index (χ3n) is 2.82. The topological polar surface area (TPSA) is 104 Å². The minimum atomic E-state index is -4.20. The van der Waals surface area contributed by atoms with Crippen LogP contribution in [0.3, 0.4) is 0 Å². The fourth-order valence-electron chi connectivity index (χ4n) is 1.71. The summed E-state index contributed by atoms with van der Waals surface area (Å²) in [6.45, 7) is 2.10. The number of hydrogen-bond acceptors (Lipinski definition) is 4. The minimum absolute atomic E-state index is 0.199. The van der Waals surface area contributed by atoms with Crippen LogP contribution in [0.5, 0.6) is 0 Å². The Kier molecular flexibility index (Phi) is 5.37. The molecule has 1 atom stereocenters. The molecule has 0 heterocycles. The number of hydrogen-bond donors (Lipinski definition) is 3. The number of aliphatic hydroxyl groups excluding tert-OH is 1. The van der Waals surface area contributed by atoms with Crippen LogP contribution in [0.15, 0.2) is 17.0 Å². The number of aliphatic hydroxyl groups is 1. The average molecular weight is 323 g/mol. The van der Waals surface area contributed by atoms with E-state index in [2.05, 4.69) is 0 Å². The van der Waals surface area contributed by atoms with E-state index in [9.17, 15) is 22.0 Å². The van der Waals surface area contributed by atoms with Gasteiger partial charge in [0.2, 0.25) is 10.0 Å². The lowest BCUT2D eigenvalue weighted by atomic mass is 10.1. The van der Waals surface area contributed by atoms with Crippen LogP contribution in [0.25, 0.3) is 0 Å².